The number of ether oxygens (including phenoxy) is 1. The Kier molecular flexibility index (Phi) is 3.86. The first-order valence-corrected chi connectivity index (χ1v) is 8.65. The number of Topliss-reactive ketones (excluding diaryl/α,β-unsaturated/α-hetero) is 1. The standard InChI is InChI=1S/C18H17ClN4O2/c1-11-9-25-5-4-23(11)15-6-14(18(10-20)7-12(24)8-18)13-2-3-21-17(19)16(13)22-15/h2-3,6,11H,4-5,7-9H2,1H3/t11-/m1/s1. The van der Waals surface area contributed by atoms with Crippen LogP contribution in [0.15, 0.2) is 18.3 Å². The van der Waals surface area contributed by atoms with Crippen molar-refractivity contribution in [2.24, 2.45) is 0 Å². The molecule has 3 heterocycles. The highest BCUT2D eigenvalue weighted by Crippen LogP contribution is 2.45. The Labute approximate surface area is 150 Å². The van der Waals surface area contributed by atoms with E-state index in [9.17, 15) is 10.1 Å². The summed E-state index contributed by atoms with van der Waals surface area (Å²) in [4.78, 5) is 22.7. The Morgan fingerprint density at radius 3 is 2.96 bits per heavy atom. The summed E-state index contributed by atoms with van der Waals surface area (Å²) in [5.74, 6) is 0.857. The Bertz CT molecular complexity index is 900. The summed E-state index contributed by atoms with van der Waals surface area (Å²) < 4.78 is 5.50. The number of anilines is 1. The molecular weight excluding hydrogens is 340 g/mol. The maximum atomic E-state index is 11.7. The van der Waals surface area contributed by atoms with Gasteiger partial charge in [0.1, 0.15) is 17.1 Å². The van der Waals surface area contributed by atoms with E-state index in [2.05, 4.69) is 22.9 Å². The number of ketones is 1. The molecule has 1 atom stereocenters. The van der Waals surface area contributed by atoms with Gasteiger partial charge in [-0.05, 0) is 24.6 Å². The van der Waals surface area contributed by atoms with E-state index in [1.807, 2.05) is 12.1 Å². The van der Waals surface area contributed by atoms with Crippen molar-refractivity contribution in [3.63, 3.8) is 0 Å². The minimum atomic E-state index is -0.798. The molecule has 0 radical (unpaired) electrons. The van der Waals surface area contributed by atoms with Crippen molar-refractivity contribution < 1.29 is 9.53 Å². The summed E-state index contributed by atoms with van der Waals surface area (Å²) in [6, 6.07) is 6.29. The monoisotopic (exact) mass is 356 g/mol. The van der Waals surface area contributed by atoms with Crippen LogP contribution in [0.2, 0.25) is 5.15 Å². The van der Waals surface area contributed by atoms with Crippen molar-refractivity contribution in [3.8, 4) is 6.07 Å². The molecule has 1 aliphatic heterocycles. The largest absolute Gasteiger partial charge is 0.377 e. The maximum absolute atomic E-state index is 11.7. The van der Waals surface area contributed by atoms with E-state index < -0.39 is 5.41 Å². The summed E-state index contributed by atoms with van der Waals surface area (Å²) in [5, 5.41) is 10.9. The zero-order valence-electron chi connectivity index (χ0n) is 13.8. The van der Waals surface area contributed by atoms with Gasteiger partial charge in [-0.3, -0.25) is 4.79 Å². The van der Waals surface area contributed by atoms with Crippen LogP contribution in [0.5, 0.6) is 0 Å². The van der Waals surface area contributed by atoms with E-state index in [1.165, 1.54) is 0 Å². The Hall–Kier alpha value is -2.23. The quantitative estimate of drug-likeness (QED) is 0.770. The molecule has 1 aliphatic carbocycles. The lowest BCUT2D eigenvalue weighted by Gasteiger charge is -2.38. The lowest BCUT2D eigenvalue weighted by molar-refractivity contribution is -0.126. The van der Waals surface area contributed by atoms with Gasteiger partial charge in [0.15, 0.2) is 5.15 Å². The second-order valence-electron chi connectivity index (χ2n) is 6.73. The molecule has 1 saturated carbocycles. The first kappa shape index (κ1) is 16.2. The van der Waals surface area contributed by atoms with E-state index in [1.54, 1.807) is 6.20 Å². The fourth-order valence-corrected chi connectivity index (χ4v) is 3.87. The average Bonchev–Trinajstić information content (AvgIpc) is 2.59. The predicted octanol–water partition coefficient (Wildman–Crippen LogP) is 2.63. The Morgan fingerprint density at radius 1 is 1.48 bits per heavy atom. The predicted molar refractivity (Wildman–Crippen MR) is 93.7 cm³/mol. The van der Waals surface area contributed by atoms with E-state index in [0.29, 0.717) is 23.9 Å². The van der Waals surface area contributed by atoms with Crippen LogP contribution in [-0.4, -0.2) is 41.6 Å². The van der Waals surface area contributed by atoms with Crippen LogP contribution in [0.25, 0.3) is 10.9 Å². The average molecular weight is 357 g/mol. The van der Waals surface area contributed by atoms with Crippen LogP contribution in [0, 0.1) is 11.3 Å². The molecule has 4 rings (SSSR count). The van der Waals surface area contributed by atoms with Crippen LogP contribution < -0.4 is 4.90 Å². The van der Waals surface area contributed by atoms with Crippen molar-refractivity contribution in [2.75, 3.05) is 24.7 Å². The molecule has 2 fully saturated rings. The molecule has 0 N–H and O–H groups in total. The first-order chi connectivity index (χ1) is 12.0. The van der Waals surface area contributed by atoms with Crippen LogP contribution in [0.3, 0.4) is 0 Å². The van der Waals surface area contributed by atoms with Crippen LogP contribution in [0.4, 0.5) is 5.82 Å². The Balaban J connectivity index is 1.93. The summed E-state index contributed by atoms with van der Waals surface area (Å²) in [5.41, 5.74) is 0.592. The third kappa shape index (κ3) is 2.55. The minimum Gasteiger partial charge on any atom is -0.377 e. The second-order valence-corrected chi connectivity index (χ2v) is 7.09. The first-order valence-electron chi connectivity index (χ1n) is 8.27. The van der Waals surface area contributed by atoms with Crippen LogP contribution in [0.1, 0.15) is 25.3 Å². The van der Waals surface area contributed by atoms with Crippen LogP contribution >= 0.6 is 11.6 Å². The molecule has 25 heavy (non-hydrogen) atoms. The van der Waals surface area contributed by atoms with Gasteiger partial charge in [0.05, 0.1) is 30.7 Å². The zero-order chi connectivity index (χ0) is 17.6. The molecule has 0 bridgehead atoms. The molecule has 6 nitrogen and oxygen atoms in total. The molecule has 0 unspecified atom stereocenters. The molecule has 2 aromatic rings. The van der Waals surface area contributed by atoms with Gasteiger partial charge in [-0.25, -0.2) is 9.97 Å². The van der Waals surface area contributed by atoms with Gasteiger partial charge in [-0.15, -0.1) is 0 Å². The number of hydrogen-bond donors (Lipinski definition) is 0. The second kappa shape index (κ2) is 5.94. The third-order valence-corrected chi connectivity index (χ3v) is 5.34. The highest BCUT2D eigenvalue weighted by Gasteiger charge is 2.47. The summed E-state index contributed by atoms with van der Waals surface area (Å²) in [6.45, 7) is 4.04. The summed E-state index contributed by atoms with van der Waals surface area (Å²) >= 11 is 6.29. The Morgan fingerprint density at radius 2 is 2.28 bits per heavy atom. The molecule has 128 valence electrons. The molecule has 0 aromatic carbocycles. The van der Waals surface area contributed by atoms with Gasteiger partial charge in [0, 0.05) is 31.0 Å². The van der Waals surface area contributed by atoms with Crippen molar-refractivity contribution >= 4 is 34.1 Å². The normalized spacial score (nSPS) is 22.5. The highest BCUT2D eigenvalue weighted by atomic mass is 35.5. The smallest absolute Gasteiger partial charge is 0.155 e. The number of nitriles is 1. The number of carbonyl (C=O) groups excluding carboxylic acids is 1. The molecule has 0 amide bonds. The number of morpholine rings is 1. The van der Waals surface area contributed by atoms with Gasteiger partial charge in [-0.1, -0.05) is 11.6 Å². The number of rotatable bonds is 2. The summed E-state index contributed by atoms with van der Waals surface area (Å²) in [7, 11) is 0. The van der Waals surface area contributed by atoms with E-state index in [0.717, 1.165) is 23.3 Å². The fourth-order valence-electron chi connectivity index (χ4n) is 3.67. The molecule has 0 spiro atoms. The number of halogens is 1. The fraction of sp³-hybridized carbons (Fsp3) is 0.444. The zero-order valence-corrected chi connectivity index (χ0v) is 14.6. The highest BCUT2D eigenvalue weighted by molar-refractivity contribution is 6.33. The number of aromatic nitrogens is 2. The van der Waals surface area contributed by atoms with Crippen molar-refractivity contribution in [1.82, 2.24) is 9.97 Å². The summed E-state index contributed by atoms with van der Waals surface area (Å²) in [6.07, 6.45) is 2.08. The third-order valence-electron chi connectivity index (χ3n) is 5.06. The number of fused-ring (bicyclic) bond motifs is 1. The number of hydrogen-bond acceptors (Lipinski definition) is 6. The van der Waals surface area contributed by atoms with Crippen molar-refractivity contribution in [3.05, 3.63) is 29.0 Å². The number of carbonyl (C=O) groups is 1. The van der Waals surface area contributed by atoms with Gasteiger partial charge < -0.3 is 9.64 Å². The molecule has 2 aliphatic rings. The van der Waals surface area contributed by atoms with Crippen molar-refractivity contribution in [2.45, 2.75) is 31.2 Å². The van der Waals surface area contributed by atoms with Crippen LogP contribution in [-0.2, 0) is 14.9 Å². The minimum absolute atomic E-state index is 0.105. The van der Waals surface area contributed by atoms with E-state index in [-0.39, 0.29) is 24.7 Å². The van der Waals surface area contributed by atoms with Crippen molar-refractivity contribution in [1.29, 1.82) is 5.26 Å². The molecule has 2 aromatic heterocycles. The van der Waals surface area contributed by atoms with Gasteiger partial charge in [0.25, 0.3) is 0 Å². The van der Waals surface area contributed by atoms with Gasteiger partial charge in [-0.2, -0.15) is 5.26 Å². The maximum Gasteiger partial charge on any atom is 0.155 e. The molecule has 1 saturated heterocycles. The van der Waals surface area contributed by atoms with Gasteiger partial charge in [0.2, 0.25) is 0 Å². The number of pyridine rings is 2. The lowest BCUT2D eigenvalue weighted by Crippen LogP contribution is -2.45. The molecular formula is C18H17ClN4O2. The number of nitrogens with zero attached hydrogens (tertiary/aromatic N) is 4. The lowest BCUT2D eigenvalue weighted by atomic mass is 9.64. The van der Waals surface area contributed by atoms with Gasteiger partial charge >= 0.3 is 0 Å². The van der Waals surface area contributed by atoms with E-state index >= 15 is 0 Å². The molecule has 7 heteroatoms. The van der Waals surface area contributed by atoms with E-state index in [4.69, 9.17) is 21.3 Å². The topological polar surface area (TPSA) is 79.1 Å². The SMILES string of the molecule is C[C@@H]1COCCN1c1cc(C2(C#N)CC(=O)C2)c2ccnc(Cl)c2n1.